The van der Waals surface area contributed by atoms with Crippen LogP contribution in [0.1, 0.15) is 33.4 Å². The van der Waals surface area contributed by atoms with Crippen molar-refractivity contribution in [1.29, 1.82) is 0 Å². The molecule has 0 spiro atoms. The van der Waals surface area contributed by atoms with Gasteiger partial charge >= 0.3 is 0 Å². The topological polar surface area (TPSA) is 58.6 Å². The normalized spacial score (nSPS) is 14.3. The largest absolute Gasteiger partial charge is 0.297 e. The predicted octanol–water partition coefficient (Wildman–Crippen LogP) is 1.89. The summed E-state index contributed by atoms with van der Waals surface area (Å²) in [6.45, 7) is 10.9. The van der Waals surface area contributed by atoms with Gasteiger partial charge in [-0.3, -0.25) is 20.6 Å². The van der Waals surface area contributed by atoms with Gasteiger partial charge in [0.25, 0.3) is 0 Å². The van der Waals surface area contributed by atoms with Crippen molar-refractivity contribution >= 4 is 16.3 Å². The Bertz CT molecular complexity index is 512. The van der Waals surface area contributed by atoms with Crippen molar-refractivity contribution in [2.75, 3.05) is 13.1 Å². The first-order chi connectivity index (χ1) is 9.52. The van der Waals surface area contributed by atoms with Gasteiger partial charge < -0.3 is 0 Å². The molecule has 3 N–H and O–H groups in total. The van der Waals surface area contributed by atoms with Crippen molar-refractivity contribution in [2.45, 2.75) is 45.7 Å². The third-order valence-corrected chi connectivity index (χ3v) is 4.96. The van der Waals surface area contributed by atoms with Gasteiger partial charge in [0.1, 0.15) is 0 Å². The van der Waals surface area contributed by atoms with Gasteiger partial charge in [0.2, 0.25) is 0 Å². The molecular weight excluding hydrogens is 270 g/mol. The second-order valence-corrected chi connectivity index (χ2v) is 6.45. The van der Waals surface area contributed by atoms with Crippen molar-refractivity contribution in [3.8, 4) is 0 Å². The van der Waals surface area contributed by atoms with Crippen molar-refractivity contribution in [1.82, 2.24) is 19.7 Å². The maximum absolute atomic E-state index is 5.81. The number of fused-ring (bicyclic) bond motifs is 1. The number of aromatic nitrogens is 2. The van der Waals surface area contributed by atoms with Crippen LogP contribution in [0.25, 0.3) is 4.96 Å². The summed E-state index contributed by atoms with van der Waals surface area (Å²) in [5, 5.41) is 2.05. The molecule has 0 aliphatic heterocycles. The summed E-state index contributed by atoms with van der Waals surface area (Å²) in [7, 11) is 0. The highest BCUT2D eigenvalue weighted by atomic mass is 32.1. The minimum absolute atomic E-state index is 0.0186. The lowest BCUT2D eigenvalue weighted by Gasteiger charge is -2.43. The fourth-order valence-electron chi connectivity index (χ4n) is 2.86. The number of likely N-dealkylation sites (N-methyl/N-ethyl adjacent to an activating group) is 1. The van der Waals surface area contributed by atoms with Crippen LogP contribution in [0.3, 0.4) is 0 Å². The van der Waals surface area contributed by atoms with E-state index in [1.54, 1.807) is 11.3 Å². The van der Waals surface area contributed by atoms with Gasteiger partial charge in [-0.15, -0.1) is 11.3 Å². The second kappa shape index (κ2) is 6.22. The van der Waals surface area contributed by atoms with Gasteiger partial charge in [-0.05, 0) is 26.9 Å². The van der Waals surface area contributed by atoms with Gasteiger partial charge in [-0.1, -0.05) is 13.8 Å². The summed E-state index contributed by atoms with van der Waals surface area (Å²) in [4.78, 5) is 8.12. The number of nitrogens with two attached hydrogens (primary N) is 1. The Labute approximate surface area is 124 Å². The Morgan fingerprint density at radius 2 is 2.15 bits per heavy atom. The summed E-state index contributed by atoms with van der Waals surface area (Å²) in [5.41, 5.74) is 4.05. The molecule has 0 aromatic carbocycles. The molecule has 0 fully saturated rings. The monoisotopic (exact) mass is 295 g/mol. The van der Waals surface area contributed by atoms with Crippen LogP contribution in [0.5, 0.6) is 0 Å². The quantitative estimate of drug-likeness (QED) is 0.605. The molecule has 112 valence electrons. The average Bonchev–Trinajstić information content (AvgIpc) is 2.97. The van der Waals surface area contributed by atoms with E-state index in [0.29, 0.717) is 0 Å². The zero-order valence-corrected chi connectivity index (χ0v) is 13.6. The summed E-state index contributed by atoms with van der Waals surface area (Å²) in [6.07, 6.45) is 4.96. The molecule has 0 aliphatic rings. The zero-order valence-electron chi connectivity index (χ0n) is 12.8. The Hall–Kier alpha value is -0.950. The molecule has 6 heteroatoms. The highest BCUT2D eigenvalue weighted by molar-refractivity contribution is 7.15. The van der Waals surface area contributed by atoms with Crippen LogP contribution in [0.4, 0.5) is 0 Å². The molecule has 0 bridgehead atoms. The summed E-state index contributed by atoms with van der Waals surface area (Å²) in [6, 6.07) is 0.159. The average molecular weight is 295 g/mol. The Kier molecular flexibility index (Phi) is 4.80. The van der Waals surface area contributed by atoms with E-state index in [0.717, 1.165) is 30.2 Å². The van der Waals surface area contributed by atoms with Crippen molar-refractivity contribution in [2.24, 2.45) is 5.84 Å². The van der Waals surface area contributed by atoms with Gasteiger partial charge in [0, 0.05) is 35.8 Å². The van der Waals surface area contributed by atoms with Crippen LogP contribution < -0.4 is 11.3 Å². The van der Waals surface area contributed by atoms with Gasteiger partial charge in [0.15, 0.2) is 4.96 Å². The highest BCUT2D eigenvalue weighted by Gasteiger charge is 2.33. The first-order valence-electron chi connectivity index (χ1n) is 7.15. The number of imidazole rings is 1. The van der Waals surface area contributed by atoms with E-state index in [-0.39, 0.29) is 11.6 Å². The number of nitrogens with zero attached hydrogens (tertiary/aromatic N) is 3. The van der Waals surface area contributed by atoms with E-state index in [9.17, 15) is 0 Å². The molecule has 5 nitrogen and oxygen atoms in total. The van der Waals surface area contributed by atoms with Crippen LogP contribution in [0.2, 0.25) is 0 Å². The second-order valence-electron chi connectivity index (χ2n) is 5.57. The van der Waals surface area contributed by atoms with E-state index in [1.165, 1.54) is 0 Å². The summed E-state index contributed by atoms with van der Waals surface area (Å²) in [5.74, 6) is 5.81. The fourth-order valence-corrected chi connectivity index (χ4v) is 3.57. The van der Waals surface area contributed by atoms with Gasteiger partial charge in [-0.2, -0.15) is 0 Å². The molecule has 0 amide bonds. The van der Waals surface area contributed by atoms with Crippen molar-refractivity contribution < 1.29 is 0 Å². The minimum Gasteiger partial charge on any atom is -0.297 e. The number of hydrazine groups is 1. The van der Waals surface area contributed by atoms with Crippen molar-refractivity contribution in [3.63, 3.8) is 0 Å². The number of hydrogen-bond acceptors (Lipinski definition) is 5. The maximum atomic E-state index is 5.81. The standard InChI is InChI=1S/C14H25N5S/c1-5-19(6-2)14(3,4)12(17-15)9-11-10-18-7-8-20-13(18)16-11/h7-8,10,12,17H,5-6,9,15H2,1-4H3. The maximum Gasteiger partial charge on any atom is 0.193 e. The minimum atomic E-state index is -0.0186. The molecule has 2 aromatic heterocycles. The number of nitrogens with one attached hydrogen (secondary N) is 1. The molecule has 1 unspecified atom stereocenters. The third kappa shape index (κ3) is 2.88. The van der Waals surface area contributed by atoms with Crippen LogP contribution in [0, 0.1) is 0 Å². The van der Waals surface area contributed by atoms with E-state index < -0.39 is 0 Å². The van der Waals surface area contributed by atoms with E-state index in [4.69, 9.17) is 5.84 Å². The Balaban J connectivity index is 2.17. The van der Waals surface area contributed by atoms with E-state index >= 15 is 0 Å². The third-order valence-electron chi connectivity index (χ3n) is 4.19. The molecule has 20 heavy (non-hydrogen) atoms. The smallest absolute Gasteiger partial charge is 0.193 e. The SMILES string of the molecule is CCN(CC)C(C)(C)C(Cc1cn2ccsc2n1)NN. The van der Waals surface area contributed by atoms with Crippen molar-refractivity contribution in [3.05, 3.63) is 23.5 Å². The van der Waals surface area contributed by atoms with Crippen LogP contribution in [0.15, 0.2) is 17.8 Å². The fraction of sp³-hybridized carbons (Fsp3) is 0.643. The number of rotatable bonds is 7. The lowest BCUT2D eigenvalue weighted by molar-refractivity contribution is 0.0909. The van der Waals surface area contributed by atoms with Gasteiger partial charge in [-0.25, -0.2) is 4.98 Å². The molecular formula is C14H25N5S. The predicted molar refractivity (Wildman–Crippen MR) is 84.9 cm³/mol. The summed E-state index contributed by atoms with van der Waals surface area (Å²) >= 11 is 1.66. The number of thiazole rings is 1. The van der Waals surface area contributed by atoms with Crippen LogP contribution >= 0.6 is 11.3 Å². The summed E-state index contributed by atoms with van der Waals surface area (Å²) < 4.78 is 2.07. The molecule has 2 rings (SSSR count). The van der Waals surface area contributed by atoms with Gasteiger partial charge in [0.05, 0.1) is 5.69 Å². The van der Waals surface area contributed by atoms with Crippen LogP contribution in [-0.4, -0.2) is 39.0 Å². The lowest BCUT2D eigenvalue weighted by atomic mass is 9.89. The Morgan fingerprint density at radius 3 is 2.70 bits per heavy atom. The molecule has 0 radical (unpaired) electrons. The molecule has 0 saturated heterocycles. The lowest BCUT2D eigenvalue weighted by Crippen LogP contribution is -2.60. The molecule has 1 atom stereocenters. The molecule has 0 aliphatic carbocycles. The highest BCUT2D eigenvalue weighted by Crippen LogP contribution is 2.22. The molecule has 2 heterocycles. The van der Waals surface area contributed by atoms with E-state index in [2.05, 4.69) is 53.6 Å². The Morgan fingerprint density at radius 1 is 1.45 bits per heavy atom. The van der Waals surface area contributed by atoms with E-state index in [1.807, 2.05) is 11.6 Å². The first kappa shape index (κ1) is 15.4. The zero-order chi connectivity index (χ0) is 14.8. The number of hydrogen-bond donors (Lipinski definition) is 2. The molecule has 2 aromatic rings. The van der Waals surface area contributed by atoms with Crippen LogP contribution in [-0.2, 0) is 6.42 Å². The first-order valence-corrected chi connectivity index (χ1v) is 8.03. The molecule has 0 saturated carbocycles.